The molecule has 0 aromatic heterocycles. The van der Waals surface area contributed by atoms with Gasteiger partial charge in [-0.25, -0.2) is 0 Å². The van der Waals surface area contributed by atoms with E-state index >= 15 is 0 Å². The molecule has 0 radical (unpaired) electrons. The van der Waals surface area contributed by atoms with E-state index < -0.39 is 22.8 Å². The minimum atomic E-state index is -1.03. The number of hydrogen-bond donors (Lipinski definition) is 2. The van der Waals surface area contributed by atoms with Crippen molar-refractivity contribution < 1.29 is 19.6 Å². The minimum absolute atomic E-state index is 0.134. The number of rotatable bonds is 5. The Morgan fingerprint density at radius 1 is 1.47 bits per heavy atom. The third kappa shape index (κ3) is 4.06. The summed E-state index contributed by atoms with van der Waals surface area (Å²) in [4.78, 5) is 32.5. The average Bonchev–Trinajstić information content (AvgIpc) is 2.27. The lowest BCUT2D eigenvalue weighted by atomic mass is 10.1. The van der Waals surface area contributed by atoms with Crippen molar-refractivity contribution in [2.24, 2.45) is 0 Å². The van der Waals surface area contributed by atoms with Crippen LogP contribution in [0.3, 0.4) is 0 Å². The van der Waals surface area contributed by atoms with Crippen molar-refractivity contribution in [2.45, 2.75) is 26.3 Å². The second-order valence-corrected chi connectivity index (χ2v) is 4.23. The molecule has 1 aromatic carbocycles. The fourth-order valence-corrected chi connectivity index (χ4v) is 1.57. The highest BCUT2D eigenvalue weighted by atomic mass is 16.6. The first-order valence-corrected chi connectivity index (χ1v) is 5.59. The largest absolute Gasteiger partial charge is 0.481 e. The zero-order valence-electron chi connectivity index (χ0n) is 10.5. The summed E-state index contributed by atoms with van der Waals surface area (Å²) in [5, 5.41) is 21.8. The van der Waals surface area contributed by atoms with Gasteiger partial charge < -0.3 is 10.4 Å². The van der Waals surface area contributed by atoms with Crippen LogP contribution in [0, 0.1) is 17.0 Å². The van der Waals surface area contributed by atoms with Crippen molar-refractivity contribution in [1.82, 2.24) is 5.32 Å². The van der Waals surface area contributed by atoms with Gasteiger partial charge in [-0.1, -0.05) is 6.07 Å². The number of carboxylic acid groups (broad SMARTS) is 1. The number of carbonyl (C=O) groups is 2. The number of carbonyl (C=O) groups excluding carboxylic acids is 1. The van der Waals surface area contributed by atoms with Crippen molar-refractivity contribution in [1.29, 1.82) is 0 Å². The van der Waals surface area contributed by atoms with Crippen LogP contribution in [0.4, 0.5) is 5.69 Å². The molecule has 0 bridgehead atoms. The molecule has 1 rings (SSSR count). The number of benzene rings is 1. The van der Waals surface area contributed by atoms with Gasteiger partial charge in [0.15, 0.2) is 0 Å². The molecule has 0 aliphatic heterocycles. The van der Waals surface area contributed by atoms with Gasteiger partial charge in [-0.3, -0.25) is 19.7 Å². The molecule has 2 N–H and O–H groups in total. The van der Waals surface area contributed by atoms with Crippen LogP contribution in [-0.4, -0.2) is 27.9 Å². The first-order chi connectivity index (χ1) is 8.81. The van der Waals surface area contributed by atoms with Crippen LogP contribution in [0.5, 0.6) is 0 Å². The number of nitrogens with zero attached hydrogens (tertiary/aromatic N) is 1. The number of aryl methyl sites for hydroxylation is 1. The lowest BCUT2D eigenvalue weighted by Gasteiger charge is -2.11. The van der Waals surface area contributed by atoms with Crippen LogP contribution in [0.25, 0.3) is 0 Å². The van der Waals surface area contributed by atoms with E-state index in [2.05, 4.69) is 5.32 Å². The second-order valence-electron chi connectivity index (χ2n) is 4.23. The van der Waals surface area contributed by atoms with Crippen LogP contribution in [-0.2, 0) is 4.79 Å². The van der Waals surface area contributed by atoms with Crippen LogP contribution in [0.15, 0.2) is 18.2 Å². The van der Waals surface area contributed by atoms with Crippen molar-refractivity contribution in [3.63, 3.8) is 0 Å². The Balaban J connectivity index is 2.86. The highest BCUT2D eigenvalue weighted by Crippen LogP contribution is 2.19. The number of carboxylic acids is 1. The molecule has 7 nitrogen and oxygen atoms in total. The standard InChI is InChI=1S/C12H14N2O5/c1-7-3-4-9(6-10(7)14(18)19)12(17)13-8(2)5-11(15)16/h3-4,6,8H,5H2,1-2H3,(H,13,17)(H,15,16). The zero-order chi connectivity index (χ0) is 14.6. The molecule has 0 saturated carbocycles. The summed E-state index contributed by atoms with van der Waals surface area (Å²) < 4.78 is 0. The number of hydrogen-bond acceptors (Lipinski definition) is 4. The van der Waals surface area contributed by atoms with E-state index in [0.29, 0.717) is 5.56 Å². The highest BCUT2D eigenvalue weighted by Gasteiger charge is 2.17. The summed E-state index contributed by atoms with van der Waals surface area (Å²) in [5.74, 6) is -1.56. The van der Waals surface area contributed by atoms with Crippen molar-refractivity contribution >= 4 is 17.6 Å². The molecule has 0 spiro atoms. The number of nitrogens with one attached hydrogen (secondary N) is 1. The fourth-order valence-electron chi connectivity index (χ4n) is 1.57. The molecule has 0 heterocycles. The van der Waals surface area contributed by atoms with E-state index in [0.717, 1.165) is 0 Å². The monoisotopic (exact) mass is 266 g/mol. The predicted molar refractivity (Wildman–Crippen MR) is 67.0 cm³/mol. The van der Waals surface area contributed by atoms with Crippen LogP contribution < -0.4 is 5.32 Å². The zero-order valence-corrected chi connectivity index (χ0v) is 10.5. The summed E-state index contributed by atoms with van der Waals surface area (Å²) in [6, 6.07) is 3.57. The van der Waals surface area contributed by atoms with Crippen LogP contribution in [0.2, 0.25) is 0 Å². The third-order valence-electron chi connectivity index (χ3n) is 2.53. The lowest BCUT2D eigenvalue weighted by molar-refractivity contribution is -0.385. The van der Waals surface area contributed by atoms with Crippen molar-refractivity contribution in [2.75, 3.05) is 0 Å². The predicted octanol–water partition coefficient (Wildman–Crippen LogP) is 1.50. The molecule has 1 aromatic rings. The van der Waals surface area contributed by atoms with Crippen molar-refractivity contribution in [3.05, 3.63) is 39.4 Å². The number of aliphatic carboxylic acids is 1. The Morgan fingerprint density at radius 2 is 2.11 bits per heavy atom. The minimum Gasteiger partial charge on any atom is -0.481 e. The molecule has 7 heteroatoms. The van der Waals surface area contributed by atoms with Gasteiger partial charge in [-0.05, 0) is 19.9 Å². The third-order valence-corrected chi connectivity index (χ3v) is 2.53. The summed E-state index contributed by atoms with van der Waals surface area (Å²) in [6.07, 6.45) is -0.209. The quantitative estimate of drug-likeness (QED) is 0.619. The van der Waals surface area contributed by atoms with E-state index in [1.165, 1.54) is 18.2 Å². The molecule has 19 heavy (non-hydrogen) atoms. The molecular weight excluding hydrogens is 252 g/mol. The number of nitro benzene ring substituents is 1. The molecule has 102 valence electrons. The van der Waals surface area contributed by atoms with E-state index in [9.17, 15) is 19.7 Å². The summed E-state index contributed by atoms with van der Waals surface area (Å²) in [5.41, 5.74) is 0.452. The van der Waals surface area contributed by atoms with Gasteiger partial charge in [0.25, 0.3) is 11.6 Å². The lowest BCUT2D eigenvalue weighted by Crippen LogP contribution is -2.34. The molecule has 1 unspecified atom stereocenters. The first kappa shape index (κ1) is 14.6. The first-order valence-electron chi connectivity index (χ1n) is 5.59. The Bertz CT molecular complexity index is 527. The Kier molecular flexibility index (Phi) is 4.57. The number of nitro groups is 1. The molecule has 0 aliphatic carbocycles. The van der Waals surface area contributed by atoms with E-state index in [1.807, 2.05) is 0 Å². The Hall–Kier alpha value is -2.44. The maximum atomic E-state index is 11.8. The summed E-state index contributed by atoms with van der Waals surface area (Å²) in [6.45, 7) is 3.13. The molecule has 0 fully saturated rings. The van der Waals surface area contributed by atoms with Gasteiger partial charge in [0, 0.05) is 23.2 Å². The number of amides is 1. The molecule has 1 amide bonds. The summed E-state index contributed by atoms with van der Waals surface area (Å²) >= 11 is 0. The Morgan fingerprint density at radius 3 is 2.63 bits per heavy atom. The van der Waals surface area contributed by atoms with Gasteiger partial charge in [0.1, 0.15) is 0 Å². The maximum absolute atomic E-state index is 11.8. The maximum Gasteiger partial charge on any atom is 0.305 e. The molecular formula is C12H14N2O5. The normalized spacial score (nSPS) is 11.7. The van der Waals surface area contributed by atoms with Crippen LogP contribution in [0.1, 0.15) is 29.3 Å². The Labute approximate surface area is 109 Å². The van der Waals surface area contributed by atoms with Gasteiger partial charge in [-0.2, -0.15) is 0 Å². The van der Waals surface area contributed by atoms with Gasteiger partial charge in [-0.15, -0.1) is 0 Å². The SMILES string of the molecule is Cc1ccc(C(=O)NC(C)CC(=O)O)cc1[N+](=O)[O-]. The van der Waals surface area contributed by atoms with E-state index in [1.54, 1.807) is 13.8 Å². The highest BCUT2D eigenvalue weighted by molar-refractivity contribution is 5.95. The second kappa shape index (κ2) is 5.94. The average molecular weight is 266 g/mol. The van der Waals surface area contributed by atoms with Gasteiger partial charge >= 0.3 is 5.97 Å². The van der Waals surface area contributed by atoms with Gasteiger partial charge in [0.05, 0.1) is 11.3 Å². The van der Waals surface area contributed by atoms with E-state index in [4.69, 9.17) is 5.11 Å². The topological polar surface area (TPSA) is 110 Å². The molecule has 0 saturated heterocycles. The van der Waals surface area contributed by atoms with Crippen molar-refractivity contribution in [3.8, 4) is 0 Å². The van der Waals surface area contributed by atoms with Crippen LogP contribution >= 0.6 is 0 Å². The summed E-state index contributed by atoms with van der Waals surface area (Å²) in [7, 11) is 0. The molecule has 0 aliphatic rings. The smallest absolute Gasteiger partial charge is 0.305 e. The molecule has 1 atom stereocenters. The fraction of sp³-hybridized carbons (Fsp3) is 0.333. The van der Waals surface area contributed by atoms with Gasteiger partial charge in [0.2, 0.25) is 0 Å². The van der Waals surface area contributed by atoms with E-state index in [-0.39, 0.29) is 17.7 Å².